The average molecular weight is 450 g/mol. The quantitative estimate of drug-likeness (QED) is 0.508. The number of fused-ring (bicyclic) bond motifs is 1. The number of ether oxygens (including phenoxy) is 2. The van der Waals surface area contributed by atoms with Crippen LogP contribution in [0.2, 0.25) is 0 Å². The molecule has 0 radical (unpaired) electrons. The summed E-state index contributed by atoms with van der Waals surface area (Å²) in [6.07, 6.45) is 4.72. The fraction of sp³-hybridized carbons (Fsp3) is 0.360. The highest BCUT2D eigenvalue weighted by molar-refractivity contribution is 6.22. The largest absolute Gasteiger partial charge is 0.494 e. The first-order valence-electron chi connectivity index (χ1n) is 11.2. The number of amides is 3. The normalized spacial score (nSPS) is 15.8. The molecular formula is C25H26N2O6. The second-order valence-corrected chi connectivity index (χ2v) is 8.11. The minimum absolute atomic E-state index is 0.0900. The van der Waals surface area contributed by atoms with E-state index in [2.05, 4.69) is 5.32 Å². The van der Waals surface area contributed by atoms with Gasteiger partial charge in [0.1, 0.15) is 5.75 Å². The number of rotatable bonds is 7. The number of nitrogens with zero attached hydrogens (tertiary/aromatic N) is 1. The summed E-state index contributed by atoms with van der Waals surface area (Å²) < 4.78 is 10.5. The minimum Gasteiger partial charge on any atom is -0.494 e. The number of nitrogens with one attached hydrogen (secondary N) is 1. The van der Waals surface area contributed by atoms with E-state index in [1.165, 1.54) is 23.1 Å². The fourth-order valence-electron chi connectivity index (χ4n) is 4.27. The molecule has 1 fully saturated rings. The molecule has 4 rings (SSSR count). The molecule has 0 spiro atoms. The number of esters is 1. The van der Waals surface area contributed by atoms with Crippen molar-refractivity contribution in [3.8, 4) is 5.75 Å². The molecule has 0 unspecified atom stereocenters. The molecule has 1 aliphatic heterocycles. The van der Waals surface area contributed by atoms with E-state index >= 15 is 0 Å². The van der Waals surface area contributed by atoms with Crippen LogP contribution in [0.4, 0.5) is 5.69 Å². The molecule has 2 aromatic carbocycles. The Morgan fingerprint density at radius 3 is 2.36 bits per heavy atom. The van der Waals surface area contributed by atoms with Crippen molar-refractivity contribution in [1.82, 2.24) is 4.90 Å². The Bertz CT molecular complexity index is 1070. The number of hydrogen-bond donors (Lipinski definition) is 1. The molecule has 33 heavy (non-hydrogen) atoms. The monoisotopic (exact) mass is 450 g/mol. The number of imide groups is 1. The van der Waals surface area contributed by atoms with Crippen molar-refractivity contribution >= 4 is 29.4 Å². The fourth-order valence-corrected chi connectivity index (χ4v) is 4.27. The molecule has 8 heteroatoms. The Morgan fingerprint density at radius 2 is 1.67 bits per heavy atom. The van der Waals surface area contributed by atoms with Crippen molar-refractivity contribution < 1.29 is 28.7 Å². The predicted octanol–water partition coefficient (Wildman–Crippen LogP) is 3.81. The van der Waals surface area contributed by atoms with Crippen molar-refractivity contribution in [3.63, 3.8) is 0 Å². The standard InChI is InChI=1S/C25H26N2O6/c1-2-32-19-11-9-17(10-12-19)26-22(28)15-33-25(31)16-8-13-20-21(14-16)24(30)27(23(20)29)18-6-4-3-5-7-18/h8-14,18H,2-7,15H2,1H3,(H,26,28). The summed E-state index contributed by atoms with van der Waals surface area (Å²) in [6.45, 7) is 1.94. The Morgan fingerprint density at radius 1 is 0.970 bits per heavy atom. The number of benzene rings is 2. The van der Waals surface area contributed by atoms with E-state index in [0.29, 0.717) is 23.6 Å². The Balaban J connectivity index is 1.36. The second kappa shape index (κ2) is 9.85. The van der Waals surface area contributed by atoms with E-state index in [1.807, 2.05) is 6.92 Å². The maximum atomic E-state index is 12.9. The molecule has 3 amide bonds. The molecule has 1 heterocycles. The van der Waals surface area contributed by atoms with Gasteiger partial charge in [0, 0.05) is 11.7 Å². The lowest BCUT2D eigenvalue weighted by Crippen LogP contribution is -2.40. The van der Waals surface area contributed by atoms with Crippen molar-refractivity contribution in [2.24, 2.45) is 0 Å². The molecule has 0 aromatic heterocycles. The number of hydrogen-bond acceptors (Lipinski definition) is 6. The third-order valence-electron chi connectivity index (χ3n) is 5.88. The van der Waals surface area contributed by atoms with Crippen LogP contribution in [-0.4, -0.2) is 47.8 Å². The molecule has 0 bridgehead atoms. The molecule has 0 saturated heterocycles. The van der Waals surface area contributed by atoms with Crippen LogP contribution in [0.25, 0.3) is 0 Å². The highest BCUT2D eigenvalue weighted by Crippen LogP contribution is 2.31. The van der Waals surface area contributed by atoms with Crippen LogP contribution in [0.5, 0.6) is 5.75 Å². The molecule has 2 aromatic rings. The van der Waals surface area contributed by atoms with Crippen LogP contribution < -0.4 is 10.1 Å². The lowest BCUT2D eigenvalue weighted by Gasteiger charge is -2.29. The summed E-state index contributed by atoms with van der Waals surface area (Å²) in [4.78, 5) is 51.6. The second-order valence-electron chi connectivity index (χ2n) is 8.11. The number of carbonyl (C=O) groups excluding carboxylic acids is 4. The summed E-state index contributed by atoms with van der Waals surface area (Å²) in [5.41, 5.74) is 1.17. The Labute approximate surface area is 191 Å². The number of anilines is 1. The summed E-state index contributed by atoms with van der Waals surface area (Å²) >= 11 is 0. The SMILES string of the molecule is CCOc1ccc(NC(=O)COC(=O)c2ccc3c(c2)C(=O)N(C2CCCCC2)C3=O)cc1. The van der Waals surface area contributed by atoms with Gasteiger partial charge in [-0.15, -0.1) is 0 Å². The first-order valence-corrected chi connectivity index (χ1v) is 11.2. The van der Waals surface area contributed by atoms with Crippen LogP contribution in [0, 0.1) is 0 Å². The zero-order valence-corrected chi connectivity index (χ0v) is 18.5. The molecule has 0 atom stereocenters. The summed E-state index contributed by atoms with van der Waals surface area (Å²) in [5.74, 6) is -1.23. The lowest BCUT2D eigenvalue weighted by atomic mass is 9.94. The van der Waals surface area contributed by atoms with Gasteiger partial charge in [0.05, 0.1) is 23.3 Å². The van der Waals surface area contributed by atoms with Crippen LogP contribution in [0.15, 0.2) is 42.5 Å². The van der Waals surface area contributed by atoms with Gasteiger partial charge in [-0.2, -0.15) is 0 Å². The van der Waals surface area contributed by atoms with Crippen molar-refractivity contribution in [2.45, 2.75) is 45.1 Å². The van der Waals surface area contributed by atoms with E-state index in [1.54, 1.807) is 24.3 Å². The van der Waals surface area contributed by atoms with Gasteiger partial charge in [-0.05, 0) is 62.2 Å². The first-order chi connectivity index (χ1) is 16.0. The van der Waals surface area contributed by atoms with E-state index in [9.17, 15) is 19.2 Å². The van der Waals surface area contributed by atoms with E-state index in [-0.39, 0.29) is 29.0 Å². The molecule has 1 aliphatic carbocycles. The van der Waals surface area contributed by atoms with E-state index < -0.39 is 18.5 Å². The molecule has 2 aliphatic rings. The van der Waals surface area contributed by atoms with Crippen LogP contribution in [0.3, 0.4) is 0 Å². The summed E-state index contributed by atoms with van der Waals surface area (Å²) in [7, 11) is 0. The van der Waals surface area contributed by atoms with Crippen LogP contribution >= 0.6 is 0 Å². The summed E-state index contributed by atoms with van der Waals surface area (Å²) in [6, 6.07) is 11.0. The van der Waals surface area contributed by atoms with Gasteiger partial charge in [0.25, 0.3) is 17.7 Å². The Kier molecular flexibility index (Phi) is 6.72. The maximum Gasteiger partial charge on any atom is 0.338 e. The minimum atomic E-state index is -0.740. The molecule has 8 nitrogen and oxygen atoms in total. The Hall–Kier alpha value is -3.68. The zero-order valence-electron chi connectivity index (χ0n) is 18.5. The van der Waals surface area contributed by atoms with Crippen molar-refractivity contribution in [1.29, 1.82) is 0 Å². The smallest absolute Gasteiger partial charge is 0.338 e. The van der Waals surface area contributed by atoms with Gasteiger partial charge in [-0.1, -0.05) is 19.3 Å². The van der Waals surface area contributed by atoms with Gasteiger partial charge in [-0.25, -0.2) is 4.79 Å². The van der Waals surface area contributed by atoms with E-state index in [0.717, 1.165) is 32.1 Å². The molecule has 1 N–H and O–H groups in total. The average Bonchev–Trinajstić information content (AvgIpc) is 3.09. The third kappa shape index (κ3) is 4.89. The topological polar surface area (TPSA) is 102 Å². The van der Waals surface area contributed by atoms with Gasteiger partial charge in [-0.3, -0.25) is 19.3 Å². The molecular weight excluding hydrogens is 424 g/mol. The van der Waals surface area contributed by atoms with Crippen molar-refractivity contribution in [3.05, 3.63) is 59.2 Å². The van der Waals surface area contributed by atoms with Gasteiger partial charge in [0.2, 0.25) is 0 Å². The maximum absolute atomic E-state index is 12.9. The molecule has 172 valence electrons. The van der Waals surface area contributed by atoms with Gasteiger partial charge in [0.15, 0.2) is 6.61 Å². The van der Waals surface area contributed by atoms with E-state index in [4.69, 9.17) is 9.47 Å². The highest BCUT2D eigenvalue weighted by Gasteiger charge is 2.40. The first kappa shape index (κ1) is 22.5. The molecule has 1 saturated carbocycles. The van der Waals surface area contributed by atoms with Crippen molar-refractivity contribution in [2.75, 3.05) is 18.5 Å². The highest BCUT2D eigenvalue weighted by atomic mass is 16.5. The predicted molar refractivity (Wildman–Crippen MR) is 120 cm³/mol. The van der Waals surface area contributed by atoms with Gasteiger partial charge >= 0.3 is 5.97 Å². The van der Waals surface area contributed by atoms with Crippen LogP contribution in [-0.2, 0) is 9.53 Å². The van der Waals surface area contributed by atoms with Crippen LogP contribution in [0.1, 0.15) is 70.1 Å². The zero-order chi connectivity index (χ0) is 23.4. The lowest BCUT2D eigenvalue weighted by molar-refractivity contribution is -0.119. The van der Waals surface area contributed by atoms with Gasteiger partial charge < -0.3 is 14.8 Å². The number of carbonyl (C=O) groups is 4. The third-order valence-corrected chi connectivity index (χ3v) is 5.88. The summed E-state index contributed by atoms with van der Waals surface area (Å²) in [5, 5.41) is 2.64.